The number of hydrogen-bond donors (Lipinski definition) is 1. The number of nitrogens with one attached hydrogen (secondary N) is 1. The second-order valence-electron chi connectivity index (χ2n) is 6.55. The van der Waals surface area contributed by atoms with Crippen LogP contribution < -0.4 is 5.32 Å². The lowest BCUT2D eigenvalue weighted by molar-refractivity contribution is -0.130. The molecule has 2 heterocycles. The Hall–Kier alpha value is -0.610. The normalized spacial score (nSPS) is 25.1. The number of likely N-dealkylation sites (tertiary alicyclic amines) is 2. The molecule has 0 spiro atoms. The number of carbonyl (C=O) groups is 1. The summed E-state index contributed by atoms with van der Waals surface area (Å²) in [5.74, 6) is 0.340. The monoisotopic (exact) mass is 281 g/mol. The summed E-state index contributed by atoms with van der Waals surface area (Å²) in [7, 11) is 0. The van der Waals surface area contributed by atoms with Crippen LogP contribution in [0.4, 0.5) is 0 Å². The molecule has 1 amide bonds. The summed E-state index contributed by atoms with van der Waals surface area (Å²) < 4.78 is 0. The Balaban J connectivity index is 1.62. The maximum Gasteiger partial charge on any atom is 0.223 e. The Morgan fingerprint density at radius 2 is 1.85 bits per heavy atom. The van der Waals surface area contributed by atoms with Gasteiger partial charge in [0.05, 0.1) is 0 Å². The van der Waals surface area contributed by atoms with E-state index in [1.165, 1.54) is 45.2 Å². The minimum absolute atomic E-state index is 0.340. The van der Waals surface area contributed by atoms with Crippen LogP contribution in [0.3, 0.4) is 0 Å². The molecule has 0 aromatic rings. The molecule has 20 heavy (non-hydrogen) atoms. The van der Waals surface area contributed by atoms with Crippen molar-refractivity contribution in [2.45, 2.75) is 64.5 Å². The van der Waals surface area contributed by atoms with E-state index in [4.69, 9.17) is 0 Å². The molecule has 116 valence electrons. The highest BCUT2D eigenvalue weighted by Crippen LogP contribution is 2.13. The van der Waals surface area contributed by atoms with Gasteiger partial charge in [0.25, 0.3) is 0 Å². The average Bonchev–Trinajstić information content (AvgIpc) is 2.85. The molecule has 0 radical (unpaired) electrons. The number of carbonyl (C=O) groups excluding carboxylic acids is 1. The van der Waals surface area contributed by atoms with Crippen LogP contribution in [-0.4, -0.2) is 60.5 Å². The molecule has 2 saturated heterocycles. The van der Waals surface area contributed by atoms with Gasteiger partial charge < -0.3 is 15.1 Å². The van der Waals surface area contributed by atoms with Crippen molar-refractivity contribution >= 4 is 5.91 Å². The fourth-order valence-corrected chi connectivity index (χ4v) is 3.35. The van der Waals surface area contributed by atoms with Crippen LogP contribution in [-0.2, 0) is 4.79 Å². The molecule has 0 bridgehead atoms. The molecule has 0 saturated carbocycles. The summed E-state index contributed by atoms with van der Waals surface area (Å²) in [6.45, 7) is 9.78. The summed E-state index contributed by atoms with van der Waals surface area (Å²) in [5, 5.41) is 3.60. The molecule has 1 unspecified atom stereocenters. The maximum absolute atomic E-state index is 12.0. The van der Waals surface area contributed by atoms with E-state index in [1.807, 2.05) is 4.90 Å². The van der Waals surface area contributed by atoms with Crippen molar-refractivity contribution in [2.75, 3.05) is 32.7 Å². The smallest absolute Gasteiger partial charge is 0.223 e. The van der Waals surface area contributed by atoms with Crippen molar-refractivity contribution in [3.63, 3.8) is 0 Å². The van der Waals surface area contributed by atoms with E-state index in [2.05, 4.69) is 24.1 Å². The first kappa shape index (κ1) is 15.8. The zero-order valence-electron chi connectivity index (χ0n) is 13.2. The van der Waals surface area contributed by atoms with Crippen LogP contribution in [0.25, 0.3) is 0 Å². The lowest BCUT2D eigenvalue weighted by Crippen LogP contribution is -2.36. The predicted octanol–water partition coefficient (Wildman–Crippen LogP) is 1.85. The highest BCUT2D eigenvalue weighted by Gasteiger charge is 2.20. The van der Waals surface area contributed by atoms with Crippen LogP contribution in [0.5, 0.6) is 0 Å². The lowest BCUT2D eigenvalue weighted by Gasteiger charge is -2.24. The third-order valence-electron chi connectivity index (χ3n) is 4.72. The van der Waals surface area contributed by atoms with Crippen molar-refractivity contribution in [3.8, 4) is 0 Å². The zero-order chi connectivity index (χ0) is 14.4. The predicted molar refractivity (Wildman–Crippen MR) is 82.8 cm³/mol. The standard InChI is InChI=1S/C16H31N3O/c1-14(2)18-12-5-6-15(8-13-18)17-9-7-16(20)19-10-3-4-11-19/h14-15,17H,3-13H2,1-2H3. The molecule has 2 fully saturated rings. The molecule has 4 heteroatoms. The van der Waals surface area contributed by atoms with Gasteiger partial charge in [-0.1, -0.05) is 0 Å². The van der Waals surface area contributed by atoms with Gasteiger partial charge in [-0.3, -0.25) is 4.79 Å². The van der Waals surface area contributed by atoms with Gasteiger partial charge in [0.15, 0.2) is 0 Å². The first-order chi connectivity index (χ1) is 9.66. The van der Waals surface area contributed by atoms with E-state index in [0.29, 0.717) is 24.4 Å². The van der Waals surface area contributed by atoms with E-state index in [-0.39, 0.29) is 0 Å². The minimum atomic E-state index is 0.340. The van der Waals surface area contributed by atoms with Crippen LogP contribution in [0, 0.1) is 0 Å². The van der Waals surface area contributed by atoms with Crippen molar-refractivity contribution < 1.29 is 4.79 Å². The molecule has 4 nitrogen and oxygen atoms in total. The fourth-order valence-electron chi connectivity index (χ4n) is 3.35. The summed E-state index contributed by atoms with van der Waals surface area (Å²) >= 11 is 0. The second-order valence-corrected chi connectivity index (χ2v) is 6.55. The van der Waals surface area contributed by atoms with E-state index >= 15 is 0 Å². The van der Waals surface area contributed by atoms with Crippen LogP contribution in [0.1, 0.15) is 52.4 Å². The van der Waals surface area contributed by atoms with Gasteiger partial charge >= 0.3 is 0 Å². The van der Waals surface area contributed by atoms with E-state index in [9.17, 15) is 4.79 Å². The topological polar surface area (TPSA) is 35.6 Å². The molecule has 1 N–H and O–H groups in total. The van der Waals surface area contributed by atoms with Crippen molar-refractivity contribution in [1.82, 2.24) is 15.1 Å². The Kier molecular flexibility index (Phi) is 6.30. The Bertz CT molecular complexity index is 300. The summed E-state index contributed by atoms with van der Waals surface area (Å²) in [6.07, 6.45) is 6.79. The summed E-state index contributed by atoms with van der Waals surface area (Å²) in [4.78, 5) is 16.6. The zero-order valence-corrected chi connectivity index (χ0v) is 13.2. The highest BCUT2D eigenvalue weighted by atomic mass is 16.2. The quantitative estimate of drug-likeness (QED) is 0.835. The van der Waals surface area contributed by atoms with Gasteiger partial charge in [-0.25, -0.2) is 0 Å². The summed E-state index contributed by atoms with van der Waals surface area (Å²) in [5.41, 5.74) is 0. The number of rotatable bonds is 5. The summed E-state index contributed by atoms with van der Waals surface area (Å²) in [6, 6.07) is 1.26. The number of amides is 1. The molecule has 0 aromatic heterocycles. The third kappa shape index (κ3) is 4.74. The van der Waals surface area contributed by atoms with Crippen LogP contribution in [0.15, 0.2) is 0 Å². The van der Waals surface area contributed by atoms with Gasteiger partial charge in [0, 0.05) is 38.1 Å². The minimum Gasteiger partial charge on any atom is -0.343 e. The highest BCUT2D eigenvalue weighted by molar-refractivity contribution is 5.76. The second kappa shape index (κ2) is 7.99. The van der Waals surface area contributed by atoms with Crippen molar-refractivity contribution in [2.24, 2.45) is 0 Å². The van der Waals surface area contributed by atoms with Gasteiger partial charge in [0.1, 0.15) is 0 Å². The van der Waals surface area contributed by atoms with Crippen molar-refractivity contribution in [1.29, 1.82) is 0 Å². The Morgan fingerprint density at radius 3 is 2.55 bits per heavy atom. The SMILES string of the molecule is CC(C)N1CCCC(NCCC(=O)N2CCCC2)CC1. The maximum atomic E-state index is 12.0. The molecule has 0 aromatic carbocycles. The molecule has 2 aliphatic heterocycles. The molecular formula is C16H31N3O. The number of nitrogens with zero attached hydrogens (tertiary/aromatic N) is 2. The Morgan fingerprint density at radius 1 is 1.10 bits per heavy atom. The van der Waals surface area contributed by atoms with Gasteiger partial charge in [-0.05, 0) is 59.0 Å². The Labute approximate surface area is 123 Å². The molecule has 2 aliphatic rings. The fraction of sp³-hybridized carbons (Fsp3) is 0.938. The first-order valence-corrected chi connectivity index (χ1v) is 8.42. The molecular weight excluding hydrogens is 250 g/mol. The van der Waals surface area contributed by atoms with Gasteiger partial charge in [-0.2, -0.15) is 0 Å². The van der Waals surface area contributed by atoms with Crippen molar-refractivity contribution in [3.05, 3.63) is 0 Å². The lowest BCUT2D eigenvalue weighted by atomic mass is 10.1. The first-order valence-electron chi connectivity index (χ1n) is 8.42. The van der Waals surface area contributed by atoms with E-state index in [0.717, 1.165) is 19.6 Å². The molecule has 0 aliphatic carbocycles. The molecule has 2 rings (SSSR count). The number of hydrogen-bond acceptors (Lipinski definition) is 3. The van der Waals surface area contributed by atoms with E-state index < -0.39 is 0 Å². The third-order valence-corrected chi connectivity index (χ3v) is 4.72. The molecule has 1 atom stereocenters. The largest absolute Gasteiger partial charge is 0.343 e. The van der Waals surface area contributed by atoms with Gasteiger partial charge in [0.2, 0.25) is 5.91 Å². The van der Waals surface area contributed by atoms with Gasteiger partial charge in [-0.15, -0.1) is 0 Å². The average molecular weight is 281 g/mol. The van der Waals surface area contributed by atoms with Crippen LogP contribution >= 0.6 is 0 Å². The van der Waals surface area contributed by atoms with Crippen LogP contribution in [0.2, 0.25) is 0 Å². The van der Waals surface area contributed by atoms with E-state index in [1.54, 1.807) is 0 Å².